The first-order valence-electron chi connectivity index (χ1n) is 10.8. The van der Waals surface area contributed by atoms with Gasteiger partial charge in [-0.15, -0.1) is 0 Å². The molecule has 2 fully saturated rings. The van der Waals surface area contributed by atoms with Gasteiger partial charge < -0.3 is 4.90 Å². The Kier molecular flexibility index (Phi) is 6.71. The van der Waals surface area contributed by atoms with Gasteiger partial charge in [-0.2, -0.15) is 5.26 Å². The van der Waals surface area contributed by atoms with Crippen LogP contribution in [0.1, 0.15) is 24.0 Å². The number of likely N-dealkylation sites (tertiary alicyclic amines) is 2. The third-order valence-electron chi connectivity index (χ3n) is 6.28. The number of fused-ring (bicyclic) bond motifs is 2. The molecule has 2 unspecified atom stereocenters. The van der Waals surface area contributed by atoms with E-state index in [1.807, 2.05) is 18.2 Å². The number of halogens is 1. The lowest BCUT2D eigenvalue weighted by molar-refractivity contribution is 0.0279. The fourth-order valence-corrected chi connectivity index (χ4v) is 6.28. The van der Waals surface area contributed by atoms with E-state index in [9.17, 15) is 12.8 Å². The molecule has 2 heterocycles. The van der Waals surface area contributed by atoms with E-state index in [1.165, 1.54) is 30.7 Å². The second-order valence-electron chi connectivity index (χ2n) is 8.86. The second kappa shape index (κ2) is 9.47. The smallest absolute Gasteiger partial charge is 0.178 e. The van der Waals surface area contributed by atoms with Gasteiger partial charge in [0.25, 0.3) is 0 Å². The summed E-state index contributed by atoms with van der Waals surface area (Å²) in [6.45, 7) is 5.74. The summed E-state index contributed by atoms with van der Waals surface area (Å²) < 4.78 is 38.3. The second-order valence-corrected chi connectivity index (χ2v) is 11.0. The van der Waals surface area contributed by atoms with Crippen LogP contribution in [0.2, 0.25) is 0 Å². The van der Waals surface area contributed by atoms with Crippen molar-refractivity contribution in [1.29, 1.82) is 5.26 Å². The number of nitriles is 1. The van der Waals surface area contributed by atoms with Gasteiger partial charge in [0.15, 0.2) is 9.84 Å². The molecule has 4 rings (SSSR count). The lowest BCUT2D eigenvalue weighted by atomic mass is 9.84. The first-order chi connectivity index (χ1) is 14.9. The predicted molar refractivity (Wildman–Crippen MR) is 118 cm³/mol. The summed E-state index contributed by atoms with van der Waals surface area (Å²) in [6.07, 6.45) is 1.85. The summed E-state index contributed by atoms with van der Waals surface area (Å²) in [5.74, 6) is 1.13. The van der Waals surface area contributed by atoms with E-state index in [2.05, 4.69) is 9.80 Å². The molecule has 5 nitrogen and oxygen atoms in total. The maximum Gasteiger partial charge on any atom is 0.178 e. The van der Waals surface area contributed by atoms with Crippen molar-refractivity contribution < 1.29 is 12.8 Å². The largest absolute Gasteiger partial charge is 0.303 e. The normalized spacial score (nSPS) is 22.2. The summed E-state index contributed by atoms with van der Waals surface area (Å²) in [6, 6.07) is 14.9. The molecule has 0 N–H and O–H groups in total. The molecule has 164 valence electrons. The molecular weight excluding hydrogens is 413 g/mol. The quantitative estimate of drug-likeness (QED) is 0.660. The van der Waals surface area contributed by atoms with Crippen LogP contribution < -0.4 is 0 Å². The van der Waals surface area contributed by atoms with Gasteiger partial charge in [0.05, 0.1) is 22.3 Å². The van der Waals surface area contributed by atoms with Gasteiger partial charge in [0.2, 0.25) is 0 Å². The van der Waals surface area contributed by atoms with Crippen LogP contribution in [0.25, 0.3) is 0 Å². The van der Waals surface area contributed by atoms with Crippen LogP contribution in [0.5, 0.6) is 0 Å². The summed E-state index contributed by atoms with van der Waals surface area (Å²) >= 11 is 0. The Morgan fingerprint density at radius 1 is 0.935 bits per heavy atom. The van der Waals surface area contributed by atoms with Crippen LogP contribution in [-0.4, -0.2) is 56.7 Å². The van der Waals surface area contributed by atoms with Crippen molar-refractivity contribution in [2.45, 2.75) is 24.3 Å². The minimum atomic E-state index is -3.32. The average molecular weight is 442 g/mol. The predicted octanol–water partition coefficient (Wildman–Crippen LogP) is 3.32. The van der Waals surface area contributed by atoms with Crippen molar-refractivity contribution in [1.82, 2.24) is 9.80 Å². The van der Waals surface area contributed by atoms with Gasteiger partial charge in [-0.3, -0.25) is 4.90 Å². The van der Waals surface area contributed by atoms with E-state index in [1.54, 1.807) is 12.1 Å². The average Bonchev–Trinajstić information content (AvgIpc) is 2.75. The lowest BCUT2D eigenvalue weighted by Gasteiger charge is -2.46. The highest BCUT2D eigenvalue weighted by Gasteiger charge is 2.34. The molecule has 0 saturated carbocycles. The maximum atomic E-state index is 13.1. The number of hydrogen-bond donors (Lipinski definition) is 0. The summed E-state index contributed by atoms with van der Waals surface area (Å²) in [5.41, 5.74) is 1.61. The molecule has 2 aromatic carbocycles. The van der Waals surface area contributed by atoms with Crippen molar-refractivity contribution in [2.24, 2.45) is 11.8 Å². The van der Waals surface area contributed by atoms with E-state index in [-0.39, 0.29) is 11.6 Å². The zero-order valence-corrected chi connectivity index (χ0v) is 18.4. The third kappa shape index (κ3) is 5.70. The monoisotopic (exact) mass is 441 g/mol. The molecular formula is C24H28FN3O2S. The summed E-state index contributed by atoms with van der Waals surface area (Å²) in [5, 5.41) is 8.86. The summed E-state index contributed by atoms with van der Waals surface area (Å²) in [4.78, 5) is 5.18. The van der Waals surface area contributed by atoms with Crippen molar-refractivity contribution in [3.63, 3.8) is 0 Å². The van der Waals surface area contributed by atoms with Gasteiger partial charge in [-0.25, -0.2) is 12.8 Å². The number of nitrogens with zero attached hydrogens (tertiary/aromatic N) is 3. The van der Waals surface area contributed by atoms with E-state index < -0.39 is 9.84 Å². The van der Waals surface area contributed by atoms with Crippen molar-refractivity contribution in [3.8, 4) is 6.07 Å². The van der Waals surface area contributed by atoms with Crippen molar-refractivity contribution >= 4 is 9.84 Å². The Morgan fingerprint density at radius 3 is 2.16 bits per heavy atom. The van der Waals surface area contributed by atoms with Crippen LogP contribution >= 0.6 is 0 Å². The first-order valence-corrected chi connectivity index (χ1v) is 12.5. The Morgan fingerprint density at radius 2 is 1.55 bits per heavy atom. The number of hydrogen-bond acceptors (Lipinski definition) is 5. The highest BCUT2D eigenvalue weighted by molar-refractivity contribution is 7.91. The minimum absolute atomic E-state index is 0.126. The molecule has 0 aromatic heterocycles. The van der Waals surface area contributed by atoms with Gasteiger partial charge in [-0.05, 0) is 73.2 Å². The number of sulfone groups is 1. The van der Waals surface area contributed by atoms with Gasteiger partial charge >= 0.3 is 0 Å². The minimum Gasteiger partial charge on any atom is -0.303 e. The standard InChI is InChI=1S/C24H28FN3O2S/c25-23-6-2-20(3-7-23)14-28-17-21-12-22(18-28)16-27(15-21)10-1-11-31(29,30)24-8-4-19(13-26)5-9-24/h2-9,21-22H,1,10-12,14-18H2. The lowest BCUT2D eigenvalue weighted by Crippen LogP contribution is -2.52. The van der Waals surface area contributed by atoms with Crippen LogP contribution in [0.4, 0.5) is 4.39 Å². The van der Waals surface area contributed by atoms with Gasteiger partial charge in [0, 0.05) is 32.7 Å². The summed E-state index contributed by atoms with van der Waals surface area (Å²) in [7, 11) is -3.32. The molecule has 2 aliphatic rings. The van der Waals surface area contributed by atoms with Crippen LogP contribution in [0, 0.1) is 29.0 Å². The Hall–Kier alpha value is -2.27. The van der Waals surface area contributed by atoms with E-state index >= 15 is 0 Å². The van der Waals surface area contributed by atoms with Gasteiger partial charge in [0.1, 0.15) is 5.82 Å². The highest BCUT2D eigenvalue weighted by atomic mass is 32.2. The SMILES string of the molecule is N#Cc1ccc(S(=O)(=O)CCCN2CC3CC(C2)CN(Cc2ccc(F)cc2)C3)cc1. The molecule has 0 amide bonds. The fraction of sp³-hybridized carbons (Fsp3) is 0.458. The van der Waals surface area contributed by atoms with E-state index in [0.717, 1.165) is 44.8 Å². The number of piperidine rings is 2. The van der Waals surface area contributed by atoms with Crippen molar-refractivity contribution in [3.05, 3.63) is 65.5 Å². The first kappa shape index (κ1) is 21.9. The van der Waals surface area contributed by atoms with E-state index in [0.29, 0.717) is 28.7 Å². The number of rotatable bonds is 7. The molecule has 31 heavy (non-hydrogen) atoms. The van der Waals surface area contributed by atoms with Crippen LogP contribution in [0.3, 0.4) is 0 Å². The molecule has 2 saturated heterocycles. The van der Waals surface area contributed by atoms with Crippen molar-refractivity contribution in [2.75, 3.05) is 38.5 Å². The highest BCUT2D eigenvalue weighted by Crippen LogP contribution is 2.29. The molecule has 0 aliphatic carbocycles. The molecule has 2 bridgehead atoms. The van der Waals surface area contributed by atoms with Crippen LogP contribution in [0.15, 0.2) is 53.4 Å². The zero-order valence-electron chi connectivity index (χ0n) is 17.6. The number of benzene rings is 2. The molecule has 7 heteroatoms. The molecule has 2 atom stereocenters. The van der Waals surface area contributed by atoms with Gasteiger partial charge in [-0.1, -0.05) is 12.1 Å². The third-order valence-corrected chi connectivity index (χ3v) is 8.10. The Bertz CT molecular complexity index is 1020. The fourth-order valence-electron chi connectivity index (χ4n) is 4.99. The van der Waals surface area contributed by atoms with Crippen LogP contribution in [-0.2, 0) is 16.4 Å². The maximum absolute atomic E-state index is 13.1. The topological polar surface area (TPSA) is 64.4 Å². The Balaban J connectivity index is 1.25. The molecule has 0 spiro atoms. The molecule has 0 radical (unpaired) electrons. The molecule has 2 aliphatic heterocycles. The Labute approximate surface area is 184 Å². The molecule has 2 aromatic rings. The zero-order chi connectivity index (χ0) is 21.8. The van der Waals surface area contributed by atoms with E-state index in [4.69, 9.17) is 5.26 Å².